The van der Waals surface area contributed by atoms with Crippen molar-refractivity contribution in [3.05, 3.63) is 45.1 Å². The number of carbonyl (C=O) groups excluding carboxylic acids is 2. The minimum Gasteiger partial charge on any atom is -0.494 e. The third-order valence-corrected chi connectivity index (χ3v) is 8.15. The number of aryl methyl sites for hydroxylation is 2. The first-order chi connectivity index (χ1) is 16.4. The van der Waals surface area contributed by atoms with E-state index in [2.05, 4.69) is 10.6 Å². The predicted molar refractivity (Wildman–Crippen MR) is 133 cm³/mol. The first-order valence-corrected chi connectivity index (χ1v) is 13.2. The third-order valence-electron chi connectivity index (χ3n) is 5.91. The highest BCUT2D eigenvalue weighted by Gasteiger charge is 2.28. The highest BCUT2D eigenvalue weighted by atomic mass is 32.2. The van der Waals surface area contributed by atoms with Crippen molar-refractivity contribution in [3.63, 3.8) is 0 Å². The Bertz CT molecular complexity index is 1310. The Hall–Kier alpha value is -2.85. The SMILES string of the molecule is CCOc1ccc(-n2c(SC(C)C(=O)NC(=O)NC3CC3)nc3sc4c(c3c2=O)CCC4)cc1. The van der Waals surface area contributed by atoms with Crippen LogP contribution >= 0.6 is 23.1 Å². The smallest absolute Gasteiger partial charge is 0.321 e. The van der Waals surface area contributed by atoms with E-state index in [9.17, 15) is 14.4 Å². The predicted octanol–water partition coefficient (Wildman–Crippen LogP) is 3.80. The molecule has 2 aromatic heterocycles. The maximum atomic E-state index is 13.8. The van der Waals surface area contributed by atoms with E-state index in [1.165, 1.54) is 16.6 Å². The summed E-state index contributed by atoms with van der Waals surface area (Å²) in [6, 6.07) is 6.96. The van der Waals surface area contributed by atoms with Crippen LogP contribution in [-0.4, -0.2) is 39.4 Å². The molecule has 1 saturated carbocycles. The molecule has 10 heteroatoms. The van der Waals surface area contributed by atoms with E-state index in [-0.39, 0.29) is 11.6 Å². The molecule has 1 unspecified atom stereocenters. The molecule has 5 rings (SSSR count). The summed E-state index contributed by atoms with van der Waals surface area (Å²) in [7, 11) is 0. The standard InChI is InChI=1S/C24H26N4O4S2/c1-3-32-16-11-9-15(10-12-16)28-22(30)19-17-5-4-6-18(17)34-21(19)27-24(28)33-13(2)20(29)26-23(31)25-14-7-8-14/h9-14H,3-8H2,1-2H3,(H2,25,26,29,31). The molecule has 8 nitrogen and oxygen atoms in total. The highest BCUT2D eigenvalue weighted by Crippen LogP contribution is 2.36. The van der Waals surface area contributed by atoms with Gasteiger partial charge in [-0.25, -0.2) is 9.78 Å². The number of thiophene rings is 1. The Balaban J connectivity index is 1.50. The molecule has 1 atom stereocenters. The van der Waals surface area contributed by atoms with Crippen LogP contribution in [0.25, 0.3) is 15.9 Å². The molecule has 0 bridgehead atoms. The summed E-state index contributed by atoms with van der Waals surface area (Å²) in [6.45, 7) is 4.17. The van der Waals surface area contributed by atoms with Crippen LogP contribution in [-0.2, 0) is 17.6 Å². The van der Waals surface area contributed by atoms with Crippen LogP contribution in [0.3, 0.4) is 0 Å². The monoisotopic (exact) mass is 498 g/mol. The fourth-order valence-corrected chi connectivity index (χ4v) is 6.29. The van der Waals surface area contributed by atoms with Crippen LogP contribution < -0.4 is 20.9 Å². The molecule has 34 heavy (non-hydrogen) atoms. The van der Waals surface area contributed by atoms with E-state index < -0.39 is 17.2 Å². The second-order valence-corrected chi connectivity index (χ2v) is 10.9. The van der Waals surface area contributed by atoms with Gasteiger partial charge in [-0.2, -0.15) is 0 Å². The number of thioether (sulfide) groups is 1. The summed E-state index contributed by atoms with van der Waals surface area (Å²) in [6.07, 6.45) is 4.79. The number of fused-ring (bicyclic) bond motifs is 3. The average Bonchev–Trinajstić information content (AvgIpc) is 3.37. The molecule has 2 aliphatic carbocycles. The van der Waals surface area contributed by atoms with Gasteiger partial charge in [0.2, 0.25) is 5.91 Å². The zero-order valence-corrected chi connectivity index (χ0v) is 20.7. The molecule has 2 aliphatic rings. The lowest BCUT2D eigenvalue weighted by molar-refractivity contribution is -0.119. The average molecular weight is 499 g/mol. The number of benzene rings is 1. The number of nitrogens with one attached hydrogen (secondary N) is 2. The van der Waals surface area contributed by atoms with Crippen molar-refractivity contribution in [2.24, 2.45) is 0 Å². The second-order valence-electron chi connectivity index (χ2n) is 8.50. The Morgan fingerprint density at radius 1 is 1.26 bits per heavy atom. The van der Waals surface area contributed by atoms with Crippen molar-refractivity contribution in [1.82, 2.24) is 20.2 Å². The number of nitrogens with zero attached hydrogens (tertiary/aromatic N) is 2. The van der Waals surface area contributed by atoms with Gasteiger partial charge in [0.15, 0.2) is 5.16 Å². The van der Waals surface area contributed by atoms with Crippen molar-refractivity contribution in [2.75, 3.05) is 6.61 Å². The van der Waals surface area contributed by atoms with E-state index >= 15 is 0 Å². The maximum absolute atomic E-state index is 13.8. The number of urea groups is 1. The van der Waals surface area contributed by atoms with Crippen LogP contribution in [0.4, 0.5) is 4.79 Å². The second kappa shape index (κ2) is 9.42. The van der Waals surface area contributed by atoms with Crippen LogP contribution in [0.2, 0.25) is 0 Å². The molecule has 0 spiro atoms. The van der Waals surface area contributed by atoms with Crippen molar-refractivity contribution in [3.8, 4) is 11.4 Å². The minimum atomic E-state index is -0.630. The van der Waals surface area contributed by atoms with Gasteiger partial charge < -0.3 is 10.1 Å². The van der Waals surface area contributed by atoms with Gasteiger partial charge >= 0.3 is 6.03 Å². The summed E-state index contributed by atoms with van der Waals surface area (Å²) in [5, 5.41) is 5.62. The van der Waals surface area contributed by atoms with Crippen molar-refractivity contribution in [1.29, 1.82) is 0 Å². The molecule has 2 N–H and O–H groups in total. The van der Waals surface area contributed by atoms with Crippen molar-refractivity contribution in [2.45, 2.75) is 62.4 Å². The summed E-state index contributed by atoms with van der Waals surface area (Å²) in [4.78, 5) is 45.2. The van der Waals surface area contributed by atoms with Gasteiger partial charge in [-0.15, -0.1) is 11.3 Å². The molecule has 0 saturated heterocycles. The van der Waals surface area contributed by atoms with Crippen molar-refractivity contribution < 1.29 is 14.3 Å². The lowest BCUT2D eigenvalue weighted by Crippen LogP contribution is -2.43. The zero-order valence-electron chi connectivity index (χ0n) is 19.1. The molecular formula is C24H26N4O4S2. The molecule has 3 aromatic rings. The maximum Gasteiger partial charge on any atom is 0.321 e. The van der Waals surface area contributed by atoms with Crippen LogP contribution in [0, 0.1) is 0 Å². The van der Waals surface area contributed by atoms with Gasteiger partial charge in [-0.3, -0.25) is 19.5 Å². The molecule has 0 radical (unpaired) electrons. The highest BCUT2D eigenvalue weighted by molar-refractivity contribution is 8.00. The Kier molecular flexibility index (Phi) is 6.35. The van der Waals surface area contributed by atoms with Gasteiger partial charge in [0, 0.05) is 10.9 Å². The Morgan fingerprint density at radius 3 is 2.74 bits per heavy atom. The summed E-state index contributed by atoms with van der Waals surface area (Å²) >= 11 is 2.73. The first-order valence-electron chi connectivity index (χ1n) is 11.5. The number of hydrogen-bond donors (Lipinski definition) is 2. The summed E-state index contributed by atoms with van der Waals surface area (Å²) in [5.41, 5.74) is 1.63. The normalized spacial score (nSPS) is 15.7. The van der Waals surface area contributed by atoms with Gasteiger partial charge in [-0.05, 0) is 75.8 Å². The fourth-order valence-electron chi connectivity index (χ4n) is 4.06. The topological polar surface area (TPSA) is 102 Å². The van der Waals surface area contributed by atoms with E-state index in [1.54, 1.807) is 22.8 Å². The van der Waals surface area contributed by atoms with Gasteiger partial charge in [0.25, 0.3) is 5.56 Å². The van der Waals surface area contributed by atoms with E-state index in [0.29, 0.717) is 33.4 Å². The van der Waals surface area contributed by atoms with Gasteiger partial charge in [-0.1, -0.05) is 11.8 Å². The lowest BCUT2D eigenvalue weighted by Gasteiger charge is -2.16. The number of aromatic nitrogens is 2. The molecule has 0 aliphatic heterocycles. The third kappa shape index (κ3) is 4.56. The van der Waals surface area contributed by atoms with E-state index in [4.69, 9.17) is 9.72 Å². The Labute approximate surface area is 205 Å². The van der Waals surface area contributed by atoms with Crippen LogP contribution in [0.15, 0.2) is 34.2 Å². The molecule has 1 fully saturated rings. The zero-order chi connectivity index (χ0) is 23.8. The number of carbonyl (C=O) groups is 2. The lowest BCUT2D eigenvalue weighted by atomic mass is 10.2. The first kappa shape index (κ1) is 22.9. The van der Waals surface area contributed by atoms with Gasteiger partial charge in [0.05, 0.1) is 22.9 Å². The summed E-state index contributed by atoms with van der Waals surface area (Å²) in [5.74, 6) is 0.290. The quantitative estimate of drug-likeness (QED) is 0.379. The van der Waals surface area contributed by atoms with Crippen LogP contribution in [0.1, 0.15) is 43.6 Å². The van der Waals surface area contributed by atoms with E-state index in [0.717, 1.165) is 37.7 Å². The molecular weight excluding hydrogens is 472 g/mol. The molecule has 3 amide bonds. The minimum absolute atomic E-state index is 0.129. The number of rotatable bonds is 7. The number of ether oxygens (including phenoxy) is 1. The molecule has 178 valence electrons. The fraction of sp³-hybridized carbons (Fsp3) is 0.417. The molecule has 1 aromatic carbocycles. The number of imide groups is 1. The number of amides is 3. The largest absolute Gasteiger partial charge is 0.494 e. The molecule has 2 heterocycles. The Morgan fingerprint density at radius 2 is 2.03 bits per heavy atom. The van der Waals surface area contributed by atoms with E-state index in [1.807, 2.05) is 31.2 Å². The van der Waals surface area contributed by atoms with Crippen LogP contribution in [0.5, 0.6) is 5.75 Å². The number of hydrogen-bond acceptors (Lipinski definition) is 7. The van der Waals surface area contributed by atoms with Crippen molar-refractivity contribution >= 4 is 45.3 Å². The summed E-state index contributed by atoms with van der Waals surface area (Å²) < 4.78 is 7.11. The van der Waals surface area contributed by atoms with Gasteiger partial charge in [0.1, 0.15) is 10.6 Å².